The van der Waals surface area contributed by atoms with E-state index < -0.39 is 0 Å². The van der Waals surface area contributed by atoms with Gasteiger partial charge >= 0.3 is 0 Å². The summed E-state index contributed by atoms with van der Waals surface area (Å²) < 4.78 is 22.7. The Morgan fingerprint density at radius 1 is 0.944 bits per heavy atom. The number of nitrogens with zero attached hydrogens (tertiary/aromatic N) is 1. The number of hydrogen-bond acceptors (Lipinski definition) is 6. The Morgan fingerprint density at radius 2 is 1.61 bits per heavy atom. The Kier molecular flexibility index (Phi) is 9.34. The van der Waals surface area contributed by atoms with Crippen LogP contribution >= 0.6 is 0 Å². The average molecular weight is 492 g/mol. The fourth-order valence-corrected chi connectivity index (χ4v) is 3.97. The maximum Gasteiger partial charge on any atom is 0.231 e. The minimum absolute atomic E-state index is 0.126. The monoisotopic (exact) mass is 491 g/mol. The van der Waals surface area contributed by atoms with Gasteiger partial charge in [0.2, 0.25) is 11.2 Å². The van der Waals surface area contributed by atoms with Crippen LogP contribution in [-0.2, 0) is 0 Å². The van der Waals surface area contributed by atoms with Gasteiger partial charge in [0.05, 0.1) is 14.2 Å². The average Bonchev–Trinajstić information content (AvgIpc) is 2.85. The summed E-state index contributed by atoms with van der Waals surface area (Å²) >= 11 is 0. The van der Waals surface area contributed by atoms with Crippen LogP contribution < -0.4 is 19.6 Å². The molecule has 1 aliphatic heterocycles. The highest BCUT2D eigenvalue weighted by Crippen LogP contribution is 2.39. The summed E-state index contributed by atoms with van der Waals surface area (Å²) in [6.07, 6.45) is 11.0. The Balaban J connectivity index is 1.68. The molecule has 0 radical (unpaired) electrons. The van der Waals surface area contributed by atoms with Crippen LogP contribution in [0.4, 0.5) is 0 Å². The Labute approximate surface area is 213 Å². The molecule has 1 heterocycles. The highest BCUT2D eigenvalue weighted by Gasteiger charge is 2.26. The van der Waals surface area contributed by atoms with E-state index in [2.05, 4.69) is 50.9 Å². The number of aromatic nitrogens is 1. The smallest absolute Gasteiger partial charge is 0.231 e. The maximum absolute atomic E-state index is 12.7. The third-order valence-corrected chi connectivity index (χ3v) is 6.11. The van der Waals surface area contributed by atoms with Gasteiger partial charge in [-0.2, -0.15) is 0 Å². The Hall–Kier alpha value is -3.54. The van der Waals surface area contributed by atoms with Crippen LogP contribution in [0.2, 0.25) is 0 Å². The molecule has 3 rings (SSSR count). The van der Waals surface area contributed by atoms with Gasteiger partial charge in [0.15, 0.2) is 22.8 Å². The fourth-order valence-electron chi connectivity index (χ4n) is 3.97. The molecule has 0 unspecified atom stereocenters. The summed E-state index contributed by atoms with van der Waals surface area (Å²) in [5.74, 6) is 1.45. The molecule has 2 aliphatic rings. The molecule has 0 aromatic heterocycles. The number of benzene rings is 2. The lowest BCUT2D eigenvalue weighted by atomic mass is 10.1. The van der Waals surface area contributed by atoms with Gasteiger partial charge in [-0.25, -0.2) is 4.98 Å². The van der Waals surface area contributed by atoms with Gasteiger partial charge in [-0.05, 0) is 78.5 Å². The van der Waals surface area contributed by atoms with Gasteiger partial charge in [-0.1, -0.05) is 28.9 Å². The van der Waals surface area contributed by atoms with Crippen LogP contribution in [0.5, 0.6) is 17.2 Å². The zero-order chi connectivity index (χ0) is 26.2. The second-order valence-electron chi connectivity index (χ2n) is 9.31. The van der Waals surface area contributed by atoms with Crippen molar-refractivity contribution in [2.75, 3.05) is 20.8 Å². The number of allylic oxidation sites excluding steroid dienone is 5. The second kappa shape index (κ2) is 12.4. The molecule has 0 bridgehead atoms. The van der Waals surface area contributed by atoms with Crippen molar-refractivity contribution in [1.82, 2.24) is 4.98 Å². The molecule has 0 amide bonds. The fraction of sp³-hybridized carbons (Fsp3) is 0.400. The van der Waals surface area contributed by atoms with Crippen molar-refractivity contribution in [2.45, 2.75) is 60.3 Å². The summed E-state index contributed by atoms with van der Waals surface area (Å²) in [4.78, 5) is 17.3. The summed E-state index contributed by atoms with van der Waals surface area (Å²) in [7, 11) is 2.92. The maximum atomic E-state index is 12.7. The van der Waals surface area contributed by atoms with Crippen LogP contribution in [0.1, 0.15) is 58.9 Å². The van der Waals surface area contributed by atoms with E-state index in [1.807, 2.05) is 12.1 Å². The van der Waals surface area contributed by atoms with Crippen LogP contribution in [0.3, 0.4) is 0 Å². The molecule has 1 aromatic carbocycles. The van der Waals surface area contributed by atoms with Gasteiger partial charge in [0.25, 0.3) is 0 Å². The first-order valence-electron chi connectivity index (χ1n) is 12.3. The molecule has 0 saturated heterocycles. The first-order chi connectivity index (χ1) is 17.2. The molecule has 1 aliphatic carbocycles. The molecule has 0 saturated carbocycles. The summed E-state index contributed by atoms with van der Waals surface area (Å²) in [6.45, 7) is 10.8. The molecule has 0 spiro atoms. The van der Waals surface area contributed by atoms with Crippen molar-refractivity contribution in [3.05, 3.63) is 68.9 Å². The van der Waals surface area contributed by atoms with Gasteiger partial charge in [0.1, 0.15) is 17.9 Å². The van der Waals surface area contributed by atoms with Crippen LogP contribution in [0, 0.1) is 6.92 Å². The van der Waals surface area contributed by atoms with E-state index in [4.69, 9.17) is 18.6 Å². The molecule has 0 N–H and O–H groups in total. The SMILES string of the molecule is COc1c2nc3ccc(OCC=C(C)CCC=C(C)CCC=C(C)C)cc3oc-2c(C)c(=O)c1OC. The highest BCUT2D eigenvalue weighted by molar-refractivity contribution is 5.81. The molecule has 36 heavy (non-hydrogen) atoms. The van der Waals surface area contributed by atoms with Crippen LogP contribution in [0.15, 0.2) is 62.4 Å². The van der Waals surface area contributed by atoms with Crippen molar-refractivity contribution < 1.29 is 18.6 Å². The predicted octanol–water partition coefficient (Wildman–Crippen LogP) is 7.42. The molecule has 6 nitrogen and oxygen atoms in total. The van der Waals surface area contributed by atoms with Crippen molar-refractivity contribution in [2.24, 2.45) is 0 Å². The van der Waals surface area contributed by atoms with E-state index >= 15 is 0 Å². The Bertz CT molecular complexity index is 1330. The zero-order valence-corrected chi connectivity index (χ0v) is 22.5. The molecule has 6 heteroatoms. The van der Waals surface area contributed by atoms with Crippen molar-refractivity contribution >= 4 is 11.1 Å². The van der Waals surface area contributed by atoms with Gasteiger partial charge in [0, 0.05) is 11.6 Å². The summed E-state index contributed by atoms with van der Waals surface area (Å²) in [5.41, 5.74) is 5.86. The molecule has 192 valence electrons. The van der Waals surface area contributed by atoms with E-state index in [0.717, 1.165) is 25.7 Å². The van der Waals surface area contributed by atoms with E-state index in [-0.39, 0.29) is 16.9 Å². The first kappa shape index (κ1) is 27.1. The first-order valence-corrected chi connectivity index (χ1v) is 12.3. The molecular formula is C30H37NO5. The lowest BCUT2D eigenvalue weighted by molar-refractivity contribution is 0.350. The summed E-state index contributed by atoms with van der Waals surface area (Å²) in [5, 5.41) is 0. The van der Waals surface area contributed by atoms with E-state index in [1.54, 1.807) is 13.0 Å². The number of methoxy groups -OCH3 is 2. The minimum Gasteiger partial charge on any atom is -0.491 e. The van der Waals surface area contributed by atoms with Gasteiger partial charge in [-0.3, -0.25) is 4.79 Å². The largest absolute Gasteiger partial charge is 0.491 e. The van der Waals surface area contributed by atoms with E-state index in [0.29, 0.717) is 40.5 Å². The highest BCUT2D eigenvalue weighted by atomic mass is 16.5. The zero-order valence-electron chi connectivity index (χ0n) is 22.5. The number of ether oxygens (including phenoxy) is 3. The number of fused-ring (bicyclic) bond motifs is 2. The molecular weight excluding hydrogens is 454 g/mol. The topological polar surface area (TPSA) is 70.8 Å². The molecule has 0 atom stereocenters. The third kappa shape index (κ3) is 6.56. The quantitative estimate of drug-likeness (QED) is 0.205. The second-order valence-corrected chi connectivity index (χ2v) is 9.31. The standard InChI is InChI=1S/C30H37NO5/c1-19(2)10-8-11-20(3)12-9-13-21(4)16-17-35-23-14-15-24-25(18-23)36-28-22(5)27(32)30(34-7)29(33-6)26(28)31-24/h10,12,14-16,18H,8-9,11,13,17H2,1-7H3. The van der Waals surface area contributed by atoms with Gasteiger partial charge in [-0.15, -0.1) is 0 Å². The molecule has 1 aromatic rings. The van der Waals surface area contributed by atoms with Crippen molar-refractivity contribution in [1.29, 1.82) is 0 Å². The van der Waals surface area contributed by atoms with Crippen LogP contribution in [-0.4, -0.2) is 25.8 Å². The van der Waals surface area contributed by atoms with E-state index in [9.17, 15) is 4.79 Å². The van der Waals surface area contributed by atoms with Gasteiger partial charge < -0.3 is 18.6 Å². The minimum atomic E-state index is -0.280. The van der Waals surface area contributed by atoms with Crippen LogP contribution in [0.25, 0.3) is 22.6 Å². The van der Waals surface area contributed by atoms with Crippen molar-refractivity contribution in [3.63, 3.8) is 0 Å². The summed E-state index contributed by atoms with van der Waals surface area (Å²) in [6, 6.07) is 5.49. The lowest BCUT2D eigenvalue weighted by Gasteiger charge is -2.15. The number of hydrogen-bond donors (Lipinski definition) is 0. The number of rotatable bonds is 11. The predicted molar refractivity (Wildman–Crippen MR) is 146 cm³/mol. The van der Waals surface area contributed by atoms with Crippen molar-refractivity contribution in [3.8, 4) is 28.7 Å². The third-order valence-electron chi connectivity index (χ3n) is 6.11. The molecule has 0 fully saturated rings. The lowest BCUT2D eigenvalue weighted by Crippen LogP contribution is -2.14. The normalized spacial score (nSPS) is 12.2. The Morgan fingerprint density at radius 3 is 2.28 bits per heavy atom. The van der Waals surface area contributed by atoms with E-state index in [1.165, 1.54) is 30.9 Å².